The van der Waals surface area contributed by atoms with Crippen LogP contribution in [-0.4, -0.2) is 13.6 Å². The zero-order chi connectivity index (χ0) is 13.9. The summed E-state index contributed by atoms with van der Waals surface area (Å²) in [5, 5.41) is 3.65. The maximum atomic E-state index is 12.2. The Morgan fingerprint density at radius 2 is 2.16 bits per heavy atom. The number of sulfonamides is 1. The third-order valence-electron chi connectivity index (χ3n) is 2.71. The van der Waals surface area contributed by atoms with Gasteiger partial charge in [-0.2, -0.15) is 0 Å². The fraction of sp³-hybridized carbons (Fsp3) is 0.250. The molecule has 0 saturated carbocycles. The molecule has 19 heavy (non-hydrogen) atoms. The molecule has 0 amide bonds. The summed E-state index contributed by atoms with van der Waals surface area (Å²) < 4.78 is 31.5. The minimum atomic E-state index is -3.59. The highest BCUT2D eigenvalue weighted by atomic mass is 32.2. The predicted molar refractivity (Wildman–Crippen MR) is 69.6 cm³/mol. The van der Waals surface area contributed by atoms with Crippen molar-refractivity contribution in [3.8, 4) is 0 Å². The van der Waals surface area contributed by atoms with Crippen molar-refractivity contribution in [3.63, 3.8) is 0 Å². The number of nitrogens with one attached hydrogen (secondary N) is 1. The smallest absolute Gasteiger partial charge is 0.241 e. The highest BCUT2D eigenvalue weighted by Crippen LogP contribution is 2.17. The van der Waals surface area contributed by atoms with Crippen LogP contribution in [0.4, 0.5) is 0 Å². The molecule has 0 atom stereocenters. The van der Waals surface area contributed by atoms with Crippen LogP contribution >= 0.6 is 0 Å². The van der Waals surface area contributed by atoms with E-state index in [2.05, 4.69) is 14.4 Å². The summed E-state index contributed by atoms with van der Waals surface area (Å²) in [4.78, 5) is 0.235. The quantitative estimate of drug-likeness (QED) is 0.849. The zero-order valence-electron chi connectivity index (χ0n) is 10.5. The van der Waals surface area contributed by atoms with E-state index in [9.17, 15) is 8.42 Å². The van der Waals surface area contributed by atoms with Gasteiger partial charge in [0.2, 0.25) is 10.0 Å². The number of aryl methyl sites for hydroxylation is 1. The minimum absolute atomic E-state index is 0.0884. The van der Waals surface area contributed by atoms with Gasteiger partial charge in [0.05, 0.1) is 17.1 Å². The monoisotopic (exact) mass is 281 g/mol. The van der Waals surface area contributed by atoms with E-state index >= 15 is 0 Å². The molecular formula is C12H15N3O3S. The van der Waals surface area contributed by atoms with Crippen molar-refractivity contribution in [2.45, 2.75) is 24.9 Å². The first kappa shape index (κ1) is 13.7. The molecule has 1 aromatic heterocycles. The fourth-order valence-corrected chi connectivity index (χ4v) is 2.93. The number of benzene rings is 1. The Balaban J connectivity index is 2.23. The van der Waals surface area contributed by atoms with Crippen molar-refractivity contribution in [1.29, 1.82) is 0 Å². The third-order valence-corrected chi connectivity index (χ3v) is 4.26. The van der Waals surface area contributed by atoms with Gasteiger partial charge in [0, 0.05) is 12.6 Å². The van der Waals surface area contributed by atoms with Crippen LogP contribution in [0.3, 0.4) is 0 Å². The number of rotatable bonds is 5. The number of hydrogen-bond donors (Lipinski definition) is 2. The first-order chi connectivity index (χ1) is 9.03. The molecule has 0 unspecified atom stereocenters. The second-order valence-electron chi connectivity index (χ2n) is 4.12. The first-order valence-corrected chi connectivity index (χ1v) is 7.20. The van der Waals surface area contributed by atoms with E-state index < -0.39 is 10.0 Å². The molecule has 6 nitrogen and oxygen atoms in total. The SMILES string of the molecule is Cc1ccc(CN)cc1S(=O)(=O)NCc1ccon1. The van der Waals surface area contributed by atoms with Gasteiger partial charge in [-0.1, -0.05) is 17.3 Å². The number of nitrogens with two attached hydrogens (primary N) is 1. The minimum Gasteiger partial charge on any atom is -0.364 e. The molecule has 0 aliphatic heterocycles. The summed E-state index contributed by atoms with van der Waals surface area (Å²) in [7, 11) is -3.59. The van der Waals surface area contributed by atoms with E-state index in [0.717, 1.165) is 5.56 Å². The zero-order valence-corrected chi connectivity index (χ0v) is 11.3. The molecule has 102 valence electrons. The van der Waals surface area contributed by atoms with Crippen LogP contribution in [-0.2, 0) is 23.1 Å². The van der Waals surface area contributed by atoms with Crippen molar-refractivity contribution in [2.24, 2.45) is 5.73 Å². The Morgan fingerprint density at radius 1 is 1.37 bits per heavy atom. The second kappa shape index (κ2) is 5.52. The Labute approximate surface area is 111 Å². The summed E-state index contributed by atoms with van der Waals surface area (Å²) >= 11 is 0. The number of aromatic nitrogens is 1. The largest absolute Gasteiger partial charge is 0.364 e. The lowest BCUT2D eigenvalue weighted by Crippen LogP contribution is -2.24. The number of hydrogen-bond acceptors (Lipinski definition) is 5. The highest BCUT2D eigenvalue weighted by Gasteiger charge is 2.17. The lowest BCUT2D eigenvalue weighted by molar-refractivity contribution is 0.411. The van der Waals surface area contributed by atoms with Crippen LogP contribution in [0.5, 0.6) is 0 Å². The molecular weight excluding hydrogens is 266 g/mol. The van der Waals surface area contributed by atoms with Gasteiger partial charge in [0.1, 0.15) is 6.26 Å². The van der Waals surface area contributed by atoms with Gasteiger partial charge in [-0.05, 0) is 24.1 Å². The molecule has 7 heteroatoms. The van der Waals surface area contributed by atoms with E-state index in [4.69, 9.17) is 5.73 Å². The maximum Gasteiger partial charge on any atom is 0.241 e. The molecule has 0 radical (unpaired) electrons. The van der Waals surface area contributed by atoms with Gasteiger partial charge in [-0.25, -0.2) is 13.1 Å². The lowest BCUT2D eigenvalue weighted by atomic mass is 10.1. The maximum absolute atomic E-state index is 12.2. The van der Waals surface area contributed by atoms with E-state index in [1.807, 2.05) is 6.07 Å². The van der Waals surface area contributed by atoms with Gasteiger partial charge in [0.25, 0.3) is 0 Å². The lowest BCUT2D eigenvalue weighted by Gasteiger charge is -2.09. The average Bonchev–Trinajstić information content (AvgIpc) is 2.90. The standard InChI is InChI=1S/C12H15N3O3S/c1-9-2-3-10(7-13)6-12(9)19(16,17)14-8-11-4-5-18-15-11/h2-6,14H,7-8,13H2,1H3. The van der Waals surface area contributed by atoms with E-state index in [1.54, 1.807) is 25.1 Å². The van der Waals surface area contributed by atoms with Crippen LogP contribution in [0, 0.1) is 6.92 Å². The molecule has 1 aromatic carbocycles. The second-order valence-corrected chi connectivity index (χ2v) is 5.85. The topological polar surface area (TPSA) is 98.2 Å². The normalized spacial score (nSPS) is 11.7. The van der Waals surface area contributed by atoms with Gasteiger partial charge < -0.3 is 10.3 Å². The average molecular weight is 281 g/mol. The number of nitrogens with zero attached hydrogens (tertiary/aromatic N) is 1. The van der Waals surface area contributed by atoms with Gasteiger partial charge in [-0.3, -0.25) is 0 Å². The van der Waals surface area contributed by atoms with Crippen molar-refractivity contribution >= 4 is 10.0 Å². The van der Waals surface area contributed by atoms with Crippen LogP contribution < -0.4 is 10.5 Å². The molecule has 0 saturated heterocycles. The van der Waals surface area contributed by atoms with Crippen LogP contribution in [0.25, 0.3) is 0 Å². The molecule has 2 rings (SSSR count). The van der Waals surface area contributed by atoms with E-state index in [-0.39, 0.29) is 11.4 Å². The highest BCUT2D eigenvalue weighted by molar-refractivity contribution is 7.89. The predicted octanol–water partition coefficient (Wildman–Crippen LogP) is 0.920. The molecule has 0 fully saturated rings. The van der Waals surface area contributed by atoms with Gasteiger partial charge in [-0.15, -0.1) is 0 Å². The van der Waals surface area contributed by atoms with Crippen molar-refractivity contribution in [1.82, 2.24) is 9.88 Å². The first-order valence-electron chi connectivity index (χ1n) is 5.71. The van der Waals surface area contributed by atoms with Crippen LogP contribution in [0.1, 0.15) is 16.8 Å². The summed E-state index contributed by atoms with van der Waals surface area (Å²) in [5.74, 6) is 0. The Kier molecular flexibility index (Phi) is 3.98. The molecule has 1 heterocycles. The molecule has 0 spiro atoms. The van der Waals surface area contributed by atoms with Crippen LogP contribution in [0.2, 0.25) is 0 Å². The fourth-order valence-electron chi connectivity index (χ4n) is 1.64. The molecule has 2 aromatic rings. The van der Waals surface area contributed by atoms with Gasteiger partial charge in [0.15, 0.2) is 0 Å². The van der Waals surface area contributed by atoms with E-state index in [0.29, 0.717) is 17.8 Å². The Hall–Kier alpha value is -1.70. The van der Waals surface area contributed by atoms with Crippen molar-refractivity contribution < 1.29 is 12.9 Å². The molecule has 0 bridgehead atoms. The summed E-state index contributed by atoms with van der Waals surface area (Å²) in [6, 6.07) is 6.74. The summed E-state index contributed by atoms with van der Waals surface area (Å²) in [6.45, 7) is 2.13. The van der Waals surface area contributed by atoms with Crippen molar-refractivity contribution in [2.75, 3.05) is 0 Å². The summed E-state index contributed by atoms with van der Waals surface area (Å²) in [6.07, 6.45) is 1.39. The molecule has 0 aliphatic rings. The van der Waals surface area contributed by atoms with E-state index in [1.165, 1.54) is 6.26 Å². The summed E-state index contributed by atoms with van der Waals surface area (Å²) in [5.41, 5.74) is 7.49. The molecule has 0 aliphatic carbocycles. The Bertz CT molecular complexity index is 651. The third kappa shape index (κ3) is 3.19. The van der Waals surface area contributed by atoms with Crippen LogP contribution in [0.15, 0.2) is 39.9 Å². The van der Waals surface area contributed by atoms with Crippen molar-refractivity contribution in [3.05, 3.63) is 47.3 Å². The Morgan fingerprint density at radius 3 is 2.79 bits per heavy atom. The van der Waals surface area contributed by atoms with Gasteiger partial charge >= 0.3 is 0 Å². The molecule has 3 N–H and O–H groups in total.